The molecular weight excluding hydrogens is 324 g/mol. The van der Waals surface area contributed by atoms with Gasteiger partial charge in [-0.25, -0.2) is 0 Å². The summed E-state index contributed by atoms with van der Waals surface area (Å²) in [7, 11) is 3.96. The van der Waals surface area contributed by atoms with E-state index in [4.69, 9.17) is 5.11 Å². The van der Waals surface area contributed by atoms with Crippen molar-refractivity contribution in [3.05, 3.63) is 28.2 Å². The van der Waals surface area contributed by atoms with Crippen molar-refractivity contribution in [2.24, 2.45) is 5.41 Å². The summed E-state index contributed by atoms with van der Waals surface area (Å²) in [6.45, 7) is 0.786. The standard InChI is InChI=1S/C14H17BrN2O3/c1-17(2)8-9-3-4-10(7-11(9)15)16-12(18)14(5-6-14)13(19)20/h3-4,7H,5-6,8H2,1-2H3,(H,16,18)(H,19,20). The third-order valence-electron chi connectivity index (χ3n) is 3.39. The van der Waals surface area contributed by atoms with E-state index in [-0.39, 0.29) is 0 Å². The third-order valence-corrected chi connectivity index (χ3v) is 4.13. The van der Waals surface area contributed by atoms with E-state index in [9.17, 15) is 9.59 Å². The van der Waals surface area contributed by atoms with Gasteiger partial charge in [0.1, 0.15) is 5.41 Å². The summed E-state index contributed by atoms with van der Waals surface area (Å²) in [5.74, 6) is -1.48. The van der Waals surface area contributed by atoms with Gasteiger partial charge in [-0.1, -0.05) is 22.0 Å². The number of nitrogens with one attached hydrogen (secondary N) is 1. The number of rotatable bonds is 5. The number of carboxylic acid groups (broad SMARTS) is 1. The fourth-order valence-electron chi connectivity index (χ4n) is 2.01. The maximum atomic E-state index is 12.0. The van der Waals surface area contributed by atoms with Crippen molar-refractivity contribution in [1.82, 2.24) is 4.90 Å². The minimum Gasteiger partial charge on any atom is -0.480 e. The van der Waals surface area contributed by atoms with Gasteiger partial charge >= 0.3 is 5.97 Å². The van der Waals surface area contributed by atoms with E-state index in [0.717, 1.165) is 16.6 Å². The maximum Gasteiger partial charge on any atom is 0.319 e. The predicted molar refractivity (Wildman–Crippen MR) is 79.5 cm³/mol. The normalized spacial score (nSPS) is 16.0. The van der Waals surface area contributed by atoms with Crippen molar-refractivity contribution < 1.29 is 14.7 Å². The second kappa shape index (κ2) is 5.54. The van der Waals surface area contributed by atoms with Crippen molar-refractivity contribution >= 4 is 33.5 Å². The summed E-state index contributed by atoms with van der Waals surface area (Å²) in [4.78, 5) is 25.1. The molecule has 0 radical (unpaired) electrons. The molecule has 6 heteroatoms. The third kappa shape index (κ3) is 3.02. The Hall–Kier alpha value is -1.40. The first kappa shape index (κ1) is 15.0. The molecule has 2 rings (SSSR count). The molecule has 0 bridgehead atoms. The van der Waals surface area contributed by atoms with Gasteiger partial charge in [0.25, 0.3) is 0 Å². The van der Waals surface area contributed by atoms with E-state index < -0.39 is 17.3 Å². The molecular formula is C14H17BrN2O3. The summed E-state index contributed by atoms with van der Waals surface area (Å²) < 4.78 is 0.893. The van der Waals surface area contributed by atoms with Crippen LogP contribution in [0.2, 0.25) is 0 Å². The molecule has 0 saturated heterocycles. The van der Waals surface area contributed by atoms with Crippen LogP contribution in [0.5, 0.6) is 0 Å². The molecule has 0 atom stereocenters. The Labute approximate surface area is 126 Å². The van der Waals surface area contributed by atoms with Crippen LogP contribution in [0, 0.1) is 5.41 Å². The molecule has 2 N–H and O–H groups in total. The largest absolute Gasteiger partial charge is 0.480 e. The van der Waals surface area contributed by atoms with Crippen LogP contribution in [-0.2, 0) is 16.1 Å². The Bertz CT molecular complexity index is 553. The quantitative estimate of drug-likeness (QED) is 0.807. The van der Waals surface area contributed by atoms with Gasteiger partial charge in [0.2, 0.25) is 5.91 Å². The van der Waals surface area contributed by atoms with Crippen LogP contribution >= 0.6 is 15.9 Å². The summed E-state index contributed by atoms with van der Waals surface area (Å²) >= 11 is 3.47. The van der Waals surface area contributed by atoms with E-state index in [0.29, 0.717) is 18.5 Å². The first-order valence-corrected chi connectivity index (χ1v) is 7.12. The molecule has 0 unspecified atom stereocenters. The lowest BCUT2D eigenvalue weighted by Gasteiger charge is -2.14. The van der Waals surface area contributed by atoms with Gasteiger partial charge < -0.3 is 15.3 Å². The molecule has 0 spiro atoms. The molecule has 0 aliphatic heterocycles. The maximum absolute atomic E-state index is 12.0. The molecule has 1 aromatic carbocycles. The topological polar surface area (TPSA) is 69.6 Å². The zero-order valence-electron chi connectivity index (χ0n) is 11.4. The van der Waals surface area contributed by atoms with E-state index in [1.54, 1.807) is 12.1 Å². The summed E-state index contributed by atoms with van der Waals surface area (Å²) in [5.41, 5.74) is 0.499. The predicted octanol–water partition coefficient (Wildman–Crippen LogP) is 2.31. The summed E-state index contributed by atoms with van der Waals surface area (Å²) in [6, 6.07) is 5.51. The number of carboxylic acids is 1. The van der Waals surface area contributed by atoms with Crippen molar-refractivity contribution in [3.63, 3.8) is 0 Å². The molecule has 1 aliphatic carbocycles. The molecule has 108 valence electrons. The highest BCUT2D eigenvalue weighted by Crippen LogP contribution is 2.46. The molecule has 1 amide bonds. The monoisotopic (exact) mass is 340 g/mol. The highest BCUT2D eigenvalue weighted by Gasteiger charge is 2.57. The van der Waals surface area contributed by atoms with E-state index in [1.807, 2.05) is 25.1 Å². The fraction of sp³-hybridized carbons (Fsp3) is 0.429. The number of carbonyl (C=O) groups excluding carboxylic acids is 1. The first-order valence-electron chi connectivity index (χ1n) is 6.33. The lowest BCUT2D eigenvalue weighted by molar-refractivity contribution is -0.147. The van der Waals surface area contributed by atoms with E-state index >= 15 is 0 Å². The number of hydrogen-bond acceptors (Lipinski definition) is 3. The average molecular weight is 341 g/mol. The van der Waals surface area contributed by atoms with Crippen LogP contribution in [0.4, 0.5) is 5.69 Å². The second-order valence-electron chi connectivity index (χ2n) is 5.39. The number of nitrogens with zero attached hydrogens (tertiary/aromatic N) is 1. The van der Waals surface area contributed by atoms with Crippen LogP contribution in [0.3, 0.4) is 0 Å². The van der Waals surface area contributed by atoms with E-state index in [2.05, 4.69) is 21.2 Å². The Kier molecular flexibility index (Phi) is 4.15. The fourth-order valence-corrected chi connectivity index (χ4v) is 2.51. The average Bonchev–Trinajstić information content (AvgIpc) is 3.13. The van der Waals surface area contributed by atoms with Gasteiger partial charge in [-0.3, -0.25) is 9.59 Å². The number of amides is 1. The molecule has 5 nitrogen and oxygen atoms in total. The van der Waals surface area contributed by atoms with Crippen LogP contribution < -0.4 is 5.32 Å². The Morgan fingerprint density at radius 3 is 2.50 bits per heavy atom. The smallest absolute Gasteiger partial charge is 0.319 e. The van der Waals surface area contributed by atoms with Crippen LogP contribution in [0.1, 0.15) is 18.4 Å². The SMILES string of the molecule is CN(C)Cc1ccc(NC(=O)C2(C(=O)O)CC2)cc1Br. The van der Waals surface area contributed by atoms with Gasteiger partial charge in [0.05, 0.1) is 0 Å². The van der Waals surface area contributed by atoms with Crippen molar-refractivity contribution in [3.8, 4) is 0 Å². The van der Waals surface area contributed by atoms with Crippen molar-refractivity contribution in [2.45, 2.75) is 19.4 Å². The van der Waals surface area contributed by atoms with Gasteiger partial charge in [-0.05, 0) is 44.6 Å². The summed E-state index contributed by atoms with van der Waals surface area (Å²) in [6.07, 6.45) is 0.822. The second-order valence-corrected chi connectivity index (χ2v) is 6.24. The number of hydrogen-bond donors (Lipinski definition) is 2. The van der Waals surface area contributed by atoms with Gasteiger partial charge in [-0.2, -0.15) is 0 Å². The number of anilines is 1. The first-order chi connectivity index (χ1) is 9.35. The minimum atomic E-state index is -1.21. The highest BCUT2D eigenvalue weighted by atomic mass is 79.9. The number of halogens is 1. The molecule has 1 saturated carbocycles. The van der Waals surface area contributed by atoms with Crippen LogP contribution in [0.25, 0.3) is 0 Å². The lowest BCUT2D eigenvalue weighted by atomic mass is 10.1. The van der Waals surface area contributed by atoms with Crippen molar-refractivity contribution in [1.29, 1.82) is 0 Å². The van der Waals surface area contributed by atoms with Crippen LogP contribution in [-0.4, -0.2) is 36.0 Å². The highest BCUT2D eigenvalue weighted by molar-refractivity contribution is 9.10. The molecule has 20 heavy (non-hydrogen) atoms. The zero-order chi connectivity index (χ0) is 14.9. The van der Waals surface area contributed by atoms with Gasteiger partial charge in [-0.15, -0.1) is 0 Å². The molecule has 1 aromatic rings. The van der Waals surface area contributed by atoms with Crippen molar-refractivity contribution in [2.75, 3.05) is 19.4 Å². The van der Waals surface area contributed by atoms with Crippen LogP contribution in [0.15, 0.2) is 22.7 Å². The number of aliphatic carboxylic acids is 1. The molecule has 0 aromatic heterocycles. The Balaban J connectivity index is 2.09. The molecule has 0 heterocycles. The van der Waals surface area contributed by atoms with Gasteiger partial charge in [0.15, 0.2) is 0 Å². The lowest BCUT2D eigenvalue weighted by Crippen LogP contribution is -2.31. The zero-order valence-corrected chi connectivity index (χ0v) is 13.0. The summed E-state index contributed by atoms with van der Waals surface area (Å²) in [5, 5.41) is 11.8. The molecule has 1 fully saturated rings. The van der Waals surface area contributed by atoms with Gasteiger partial charge in [0, 0.05) is 16.7 Å². The minimum absolute atomic E-state index is 0.411. The van der Waals surface area contributed by atoms with E-state index in [1.165, 1.54) is 0 Å². The Morgan fingerprint density at radius 2 is 2.05 bits per heavy atom. The number of benzene rings is 1. The molecule has 1 aliphatic rings. The number of carbonyl (C=O) groups is 2. The Morgan fingerprint density at radius 1 is 1.40 bits per heavy atom.